The number of aryl methyl sites for hydroxylation is 1. The van der Waals surface area contributed by atoms with Crippen LogP contribution in [-0.4, -0.2) is 43.8 Å². The van der Waals surface area contributed by atoms with Crippen LogP contribution < -0.4 is 0 Å². The van der Waals surface area contributed by atoms with Crippen molar-refractivity contribution < 1.29 is 8.42 Å². The van der Waals surface area contributed by atoms with E-state index in [1.165, 1.54) is 0 Å². The lowest BCUT2D eigenvalue weighted by atomic mass is 10.1. The Labute approximate surface area is 119 Å². The van der Waals surface area contributed by atoms with E-state index in [1.54, 1.807) is 6.07 Å². The summed E-state index contributed by atoms with van der Waals surface area (Å²) in [6, 6.07) is 6.20. The second kappa shape index (κ2) is 4.60. The normalized spacial score (nSPS) is 18.6. The van der Waals surface area contributed by atoms with Crippen molar-refractivity contribution in [1.29, 1.82) is 0 Å². The van der Waals surface area contributed by atoms with Gasteiger partial charge in [-0.05, 0) is 51.2 Å². The number of likely N-dealkylation sites (N-methyl/N-ethyl adjacent to an activating group) is 1. The number of nitrogens with zero attached hydrogens (tertiary/aromatic N) is 2. The van der Waals surface area contributed by atoms with E-state index in [0.29, 0.717) is 17.4 Å². The summed E-state index contributed by atoms with van der Waals surface area (Å²) in [5.41, 5.74) is 2.13. The summed E-state index contributed by atoms with van der Waals surface area (Å²) < 4.78 is 26.1. The molecule has 20 heavy (non-hydrogen) atoms. The molecule has 1 atom stereocenters. The van der Waals surface area contributed by atoms with Crippen LogP contribution in [0.3, 0.4) is 0 Å². The van der Waals surface area contributed by atoms with E-state index >= 15 is 0 Å². The molecule has 5 heteroatoms. The molecule has 0 unspecified atom stereocenters. The van der Waals surface area contributed by atoms with Gasteiger partial charge in [-0.15, -0.1) is 0 Å². The fourth-order valence-corrected chi connectivity index (χ4v) is 4.37. The average molecular weight is 292 g/mol. The van der Waals surface area contributed by atoms with Gasteiger partial charge in [0.1, 0.15) is 0 Å². The molecule has 1 aromatic heterocycles. The Balaban J connectivity index is 2.08. The van der Waals surface area contributed by atoms with Crippen molar-refractivity contribution in [2.75, 3.05) is 19.8 Å². The fourth-order valence-electron chi connectivity index (χ4n) is 2.82. The molecule has 3 rings (SSSR count). The van der Waals surface area contributed by atoms with Crippen LogP contribution in [-0.2, 0) is 22.8 Å². The smallest absolute Gasteiger partial charge is 0.179 e. The van der Waals surface area contributed by atoms with E-state index < -0.39 is 9.84 Å². The van der Waals surface area contributed by atoms with E-state index in [9.17, 15) is 8.42 Å². The molecule has 2 heterocycles. The molecule has 0 saturated carbocycles. The van der Waals surface area contributed by atoms with Gasteiger partial charge in [0.15, 0.2) is 9.84 Å². The van der Waals surface area contributed by atoms with Crippen molar-refractivity contribution in [3.63, 3.8) is 0 Å². The highest BCUT2D eigenvalue weighted by Gasteiger charge is 2.28. The highest BCUT2D eigenvalue weighted by Crippen LogP contribution is 2.33. The lowest BCUT2D eigenvalue weighted by molar-refractivity contribution is 0.286. The molecule has 0 saturated heterocycles. The van der Waals surface area contributed by atoms with E-state index in [0.717, 1.165) is 23.0 Å². The number of hydrogen-bond donors (Lipinski definition) is 0. The highest BCUT2D eigenvalue weighted by atomic mass is 32.2. The first kappa shape index (κ1) is 13.6. The van der Waals surface area contributed by atoms with Crippen LogP contribution in [0.1, 0.15) is 12.5 Å². The summed E-state index contributed by atoms with van der Waals surface area (Å²) in [5.74, 6) is 0.251. The number of sulfone groups is 1. The minimum atomic E-state index is -3.04. The maximum absolute atomic E-state index is 12.0. The first-order valence-electron chi connectivity index (χ1n) is 6.90. The van der Waals surface area contributed by atoms with Gasteiger partial charge in [0.2, 0.25) is 0 Å². The molecule has 0 spiro atoms. The van der Waals surface area contributed by atoms with E-state index in [1.807, 2.05) is 6.07 Å². The van der Waals surface area contributed by atoms with Crippen LogP contribution in [0, 0.1) is 0 Å². The Kier molecular flexibility index (Phi) is 3.14. The number of hydrogen-bond acceptors (Lipinski definition) is 3. The Hall–Kier alpha value is -1.33. The molecule has 1 aromatic carbocycles. The molecule has 1 aliphatic heterocycles. The lowest BCUT2D eigenvalue weighted by Gasteiger charge is -2.20. The second-order valence-corrected chi connectivity index (χ2v) is 7.90. The topological polar surface area (TPSA) is 42.3 Å². The highest BCUT2D eigenvalue weighted by molar-refractivity contribution is 7.91. The molecule has 0 fully saturated rings. The van der Waals surface area contributed by atoms with Crippen LogP contribution in [0.2, 0.25) is 0 Å². The zero-order chi connectivity index (χ0) is 14.5. The standard InChI is InChI=1S/C15H20N2O2S/c1-11(16(2)3)10-17-8-6-12-13-7-9-20(18,19)15(13)5-4-14(12)17/h4-6,8,11H,7,9-10H2,1-3H3/t11-/m1/s1. The van der Waals surface area contributed by atoms with Crippen LogP contribution in [0.4, 0.5) is 0 Å². The van der Waals surface area contributed by atoms with Gasteiger partial charge in [-0.25, -0.2) is 8.42 Å². The molecule has 0 bridgehead atoms. The van der Waals surface area contributed by atoms with E-state index in [2.05, 4.69) is 42.7 Å². The van der Waals surface area contributed by atoms with Crippen molar-refractivity contribution in [2.24, 2.45) is 0 Å². The maximum Gasteiger partial charge on any atom is 0.179 e. The van der Waals surface area contributed by atoms with Crippen molar-refractivity contribution in [3.05, 3.63) is 30.0 Å². The Morgan fingerprint density at radius 1 is 1.30 bits per heavy atom. The Bertz CT molecular complexity index is 760. The molecule has 2 aromatic rings. The molecule has 0 N–H and O–H groups in total. The SMILES string of the molecule is C[C@H](Cn1ccc2c3c(ccc21)S(=O)(=O)CC3)N(C)C. The van der Waals surface area contributed by atoms with Gasteiger partial charge < -0.3 is 9.47 Å². The van der Waals surface area contributed by atoms with Crippen LogP contribution in [0.5, 0.6) is 0 Å². The predicted octanol–water partition coefficient (Wildman–Crippen LogP) is 1.92. The molecular weight excluding hydrogens is 272 g/mol. The van der Waals surface area contributed by atoms with E-state index in [-0.39, 0.29) is 5.75 Å². The molecule has 108 valence electrons. The number of benzene rings is 1. The number of rotatable bonds is 3. The van der Waals surface area contributed by atoms with Gasteiger partial charge in [0, 0.05) is 29.7 Å². The molecule has 0 aliphatic carbocycles. The first-order chi connectivity index (χ1) is 9.40. The number of aromatic nitrogens is 1. The third-order valence-electron chi connectivity index (χ3n) is 4.32. The summed E-state index contributed by atoms with van der Waals surface area (Å²) >= 11 is 0. The fraction of sp³-hybridized carbons (Fsp3) is 0.467. The molecule has 0 amide bonds. The maximum atomic E-state index is 12.0. The Morgan fingerprint density at radius 2 is 2.05 bits per heavy atom. The average Bonchev–Trinajstić information content (AvgIpc) is 2.91. The van der Waals surface area contributed by atoms with Crippen LogP contribution in [0.25, 0.3) is 10.9 Å². The molecular formula is C15H20N2O2S. The molecule has 4 nitrogen and oxygen atoms in total. The van der Waals surface area contributed by atoms with Crippen LogP contribution >= 0.6 is 0 Å². The van der Waals surface area contributed by atoms with Gasteiger partial charge >= 0.3 is 0 Å². The minimum Gasteiger partial charge on any atom is -0.346 e. The van der Waals surface area contributed by atoms with Crippen molar-refractivity contribution in [2.45, 2.75) is 30.8 Å². The monoisotopic (exact) mass is 292 g/mol. The van der Waals surface area contributed by atoms with Crippen LogP contribution in [0.15, 0.2) is 29.3 Å². The summed E-state index contributed by atoms with van der Waals surface area (Å²) in [6.45, 7) is 3.09. The molecule has 1 aliphatic rings. The summed E-state index contributed by atoms with van der Waals surface area (Å²) in [5, 5.41) is 1.09. The first-order valence-corrected chi connectivity index (χ1v) is 8.55. The van der Waals surface area contributed by atoms with Gasteiger partial charge in [0.05, 0.1) is 10.6 Å². The van der Waals surface area contributed by atoms with Gasteiger partial charge in [-0.2, -0.15) is 0 Å². The summed E-state index contributed by atoms with van der Waals surface area (Å²) in [4.78, 5) is 2.72. The van der Waals surface area contributed by atoms with Crippen molar-refractivity contribution >= 4 is 20.7 Å². The second-order valence-electron chi connectivity index (χ2n) is 5.82. The third kappa shape index (κ3) is 2.05. The van der Waals surface area contributed by atoms with Gasteiger partial charge in [-0.1, -0.05) is 0 Å². The lowest BCUT2D eigenvalue weighted by Crippen LogP contribution is -2.28. The number of fused-ring (bicyclic) bond motifs is 3. The predicted molar refractivity (Wildman–Crippen MR) is 80.8 cm³/mol. The van der Waals surface area contributed by atoms with Crippen molar-refractivity contribution in [1.82, 2.24) is 9.47 Å². The zero-order valence-electron chi connectivity index (χ0n) is 12.1. The van der Waals surface area contributed by atoms with Gasteiger partial charge in [0.25, 0.3) is 0 Å². The Morgan fingerprint density at radius 3 is 2.75 bits per heavy atom. The molecule has 0 radical (unpaired) electrons. The summed E-state index contributed by atoms with van der Waals surface area (Å²) in [6.07, 6.45) is 2.71. The zero-order valence-corrected chi connectivity index (χ0v) is 12.9. The van der Waals surface area contributed by atoms with E-state index in [4.69, 9.17) is 0 Å². The third-order valence-corrected chi connectivity index (χ3v) is 6.11. The van der Waals surface area contributed by atoms with Crippen molar-refractivity contribution in [3.8, 4) is 0 Å². The minimum absolute atomic E-state index is 0.251. The van der Waals surface area contributed by atoms with Gasteiger partial charge in [-0.3, -0.25) is 0 Å². The summed E-state index contributed by atoms with van der Waals surface area (Å²) in [7, 11) is 1.10. The largest absolute Gasteiger partial charge is 0.346 e. The quantitative estimate of drug-likeness (QED) is 0.868.